The Bertz CT molecular complexity index is 700. The predicted octanol–water partition coefficient (Wildman–Crippen LogP) is 2.41. The summed E-state index contributed by atoms with van der Waals surface area (Å²) in [4.78, 5) is 12.3. The van der Waals surface area contributed by atoms with Gasteiger partial charge in [-0.15, -0.1) is 11.3 Å². The van der Waals surface area contributed by atoms with E-state index in [2.05, 4.69) is 0 Å². The number of carbonyl (C=O) groups is 1. The average molecular weight is 295 g/mol. The van der Waals surface area contributed by atoms with Crippen LogP contribution < -0.4 is 4.72 Å². The number of thiophene rings is 1. The monoisotopic (exact) mass is 295 g/mol. The van der Waals surface area contributed by atoms with Crippen molar-refractivity contribution >= 4 is 27.3 Å². The van der Waals surface area contributed by atoms with Crippen LogP contribution in [0.2, 0.25) is 0 Å². The van der Waals surface area contributed by atoms with Crippen LogP contribution in [0.3, 0.4) is 0 Å². The van der Waals surface area contributed by atoms with Crippen LogP contribution in [0.15, 0.2) is 35.7 Å². The van der Waals surface area contributed by atoms with E-state index in [4.69, 9.17) is 0 Å². The number of aryl methyl sites for hydroxylation is 1. The molecule has 0 aliphatic carbocycles. The molecule has 100 valence electrons. The van der Waals surface area contributed by atoms with Crippen LogP contribution in [0.5, 0.6) is 0 Å². The van der Waals surface area contributed by atoms with Gasteiger partial charge in [0.05, 0.1) is 6.26 Å². The summed E-state index contributed by atoms with van der Waals surface area (Å²) in [6.45, 7) is 1.98. The van der Waals surface area contributed by atoms with E-state index in [1.807, 2.05) is 42.0 Å². The highest BCUT2D eigenvalue weighted by Crippen LogP contribution is 2.28. The molecule has 0 saturated heterocycles. The molecule has 0 atom stereocenters. The van der Waals surface area contributed by atoms with Crippen LogP contribution in [0.25, 0.3) is 11.1 Å². The minimum atomic E-state index is -3.55. The topological polar surface area (TPSA) is 63.2 Å². The van der Waals surface area contributed by atoms with Crippen molar-refractivity contribution in [3.05, 3.63) is 46.2 Å². The highest BCUT2D eigenvalue weighted by atomic mass is 32.2. The van der Waals surface area contributed by atoms with Crippen molar-refractivity contribution in [1.29, 1.82) is 0 Å². The fourth-order valence-corrected chi connectivity index (χ4v) is 2.97. The Kier molecular flexibility index (Phi) is 3.73. The third kappa shape index (κ3) is 3.42. The van der Waals surface area contributed by atoms with Gasteiger partial charge in [0.2, 0.25) is 10.0 Å². The van der Waals surface area contributed by atoms with Crippen LogP contribution in [-0.2, 0) is 10.0 Å². The number of sulfonamides is 1. The molecule has 0 radical (unpaired) electrons. The molecule has 0 spiro atoms. The lowest BCUT2D eigenvalue weighted by molar-refractivity contribution is 0.0986. The van der Waals surface area contributed by atoms with E-state index in [0.717, 1.165) is 22.9 Å². The van der Waals surface area contributed by atoms with Crippen LogP contribution in [0, 0.1) is 6.92 Å². The van der Waals surface area contributed by atoms with Gasteiger partial charge in [0, 0.05) is 5.56 Å². The highest BCUT2D eigenvalue weighted by molar-refractivity contribution is 7.89. The first-order chi connectivity index (χ1) is 8.87. The van der Waals surface area contributed by atoms with Gasteiger partial charge in [-0.05, 0) is 23.9 Å². The van der Waals surface area contributed by atoms with Crippen LogP contribution in [0.4, 0.5) is 0 Å². The third-order valence-corrected chi connectivity index (χ3v) is 3.98. The van der Waals surface area contributed by atoms with Crippen LogP contribution >= 0.6 is 11.3 Å². The molecule has 0 bridgehead atoms. The zero-order valence-electron chi connectivity index (χ0n) is 10.5. The van der Waals surface area contributed by atoms with E-state index in [-0.39, 0.29) is 0 Å². The fraction of sp³-hybridized carbons (Fsp3) is 0.154. The molecule has 1 N–H and O–H groups in total. The van der Waals surface area contributed by atoms with Crippen LogP contribution in [0.1, 0.15) is 15.2 Å². The number of amides is 1. The van der Waals surface area contributed by atoms with Gasteiger partial charge in [-0.1, -0.05) is 29.8 Å². The van der Waals surface area contributed by atoms with Crippen molar-refractivity contribution in [2.24, 2.45) is 0 Å². The summed E-state index contributed by atoms with van der Waals surface area (Å²) in [5.41, 5.74) is 2.76. The van der Waals surface area contributed by atoms with E-state index in [1.165, 1.54) is 11.3 Å². The van der Waals surface area contributed by atoms with Gasteiger partial charge in [-0.3, -0.25) is 4.79 Å². The Morgan fingerprint density at radius 1 is 1.16 bits per heavy atom. The lowest BCUT2D eigenvalue weighted by Crippen LogP contribution is -2.28. The highest BCUT2D eigenvalue weighted by Gasteiger charge is 2.17. The number of benzene rings is 1. The quantitative estimate of drug-likeness (QED) is 0.946. The Morgan fingerprint density at radius 3 is 2.37 bits per heavy atom. The lowest BCUT2D eigenvalue weighted by Gasteiger charge is -2.05. The van der Waals surface area contributed by atoms with E-state index >= 15 is 0 Å². The second-order valence-corrected chi connectivity index (χ2v) is 6.90. The summed E-state index contributed by atoms with van der Waals surface area (Å²) >= 11 is 1.22. The van der Waals surface area contributed by atoms with Gasteiger partial charge in [0.25, 0.3) is 5.91 Å². The standard InChI is InChI=1S/C13H13NO3S2/c1-9-3-5-10(6-4-9)11-7-8-18-12(11)13(15)14-19(2,16)17/h3-8H,1-2H3,(H,14,15). The number of rotatable bonds is 3. The fourth-order valence-electron chi connectivity index (χ4n) is 1.66. The maximum absolute atomic E-state index is 11.9. The van der Waals surface area contributed by atoms with Crippen LogP contribution in [-0.4, -0.2) is 20.6 Å². The Hall–Kier alpha value is -1.66. The molecule has 2 aromatic rings. The van der Waals surface area contributed by atoms with E-state index < -0.39 is 15.9 Å². The minimum absolute atomic E-state index is 0.397. The summed E-state index contributed by atoms with van der Waals surface area (Å²) in [5, 5.41) is 1.77. The molecule has 0 unspecified atom stereocenters. The van der Waals surface area contributed by atoms with Gasteiger partial charge in [-0.2, -0.15) is 0 Å². The smallest absolute Gasteiger partial charge is 0.267 e. The van der Waals surface area contributed by atoms with Crippen molar-refractivity contribution in [3.63, 3.8) is 0 Å². The molecule has 6 heteroatoms. The zero-order valence-corrected chi connectivity index (χ0v) is 12.1. The SMILES string of the molecule is Cc1ccc(-c2ccsc2C(=O)NS(C)(=O)=O)cc1. The predicted molar refractivity (Wildman–Crippen MR) is 76.8 cm³/mol. The maximum Gasteiger partial charge on any atom is 0.275 e. The zero-order chi connectivity index (χ0) is 14.0. The summed E-state index contributed by atoms with van der Waals surface area (Å²) in [5.74, 6) is -0.590. The van der Waals surface area contributed by atoms with Crippen molar-refractivity contribution in [2.45, 2.75) is 6.92 Å². The molecule has 1 amide bonds. The van der Waals surface area contributed by atoms with Crippen molar-refractivity contribution < 1.29 is 13.2 Å². The number of hydrogen-bond acceptors (Lipinski definition) is 4. The Morgan fingerprint density at radius 2 is 1.79 bits per heavy atom. The van der Waals surface area contributed by atoms with Gasteiger partial charge in [-0.25, -0.2) is 13.1 Å². The lowest BCUT2D eigenvalue weighted by atomic mass is 10.1. The van der Waals surface area contributed by atoms with Gasteiger partial charge in [0.15, 0.2) is 0 Å². The molecule has 4 nitrogen and oxygen atoms in total. The average Bonchev–Trinajstić information content (AvgIpc) is 2.76. The Balaban J connectivity index is 2.37. The normalized spacial score (nSPS) is 11.3. The Labute approximate surface area is 116 Å². The second-order valence-electron chi connectivity index (χ2n) is 4.23. The van der Waals surface area contributed by atoms with E-state index in [0.29, 0.717) is 4.88 Å². The molecule has 0 aliphatic heterocycles. The first kappa shape index (κ1) is 13.8. The number of hydrogen-bond donors (Lipinski definition) is 1. The van der Waals surface area contributed by atoms with Crippen molar-refractivity contribution in [3.8, 4) is 11.1 Å². The molecule has 0 saturated carbocycles. The second kappa shape index (κ2) is 5.14. The third-order valence-electron chi connectivity index (χ3n) is 2.51. The van der Waals surface area contributed by atoms with E-state index in [9.17, 15) is 13.2 Å². The number of nitrogens with one attached hydrogen (secondary N) is 1. The van der Waals surface area contributed by atoms with Crippen molar-refractivity contribution in [1.82, 2.24) is 4.72 Å². The summed E-state index contributed by atoms with van der Waals surface area (Å²) in [7, 11) is -3.55. The van der Waals surface area contributed by atoms with Gasteiger partial charge < -0.3 is 0 Å². The number of carbonyl (C=O) groups excluding carboxylic acids is 1. The molecule has 2 rings (SSSR count). The summed E-state index contributed by atoms with van der Waals surface area (Å²) < 4.78 is 24.2. The molecule has 1 aromatic heterocycles. The molecule has 19 heavy (non-hydrogen) atoms. The van der Waals surface area contributed by atoms with Crippen molar-refractivity contribution in [2.75, 3.05) is 6.26 Å². The molecule has 0 aliphatic rings. The van der Waals surface area contributed by atoms with E-state index in [1.54, 1.807) is 5.38 Å². The molecular weight excluding hydrogens is 282 g/mol. The van der Waals surface area contributed by atoms with Gasteiger partial charge >= 0.3 is 0 Å². The largest absolute Gasteiger partial charge is 0.275 e. The molecule has 1 aromatic carbocycles. The first-order valence-corrected chi connectivity index (χ1v) is 8.30. The minimum Gasteiger partial charge on any atom is -0.267 e. The first-order valence-electron chi connectivity index (χ1n) is 5.53. The molecule has 1 heterocycles. The maximum atomic E-state index is 11.9. The summed E-state index contributed by atoms with van der Waals surface area (Å²) in [6, 6.07) is 9.53. The summed E-state index contributed by atoms with van der Waals surface area (Å²) in [6.07, 6.45) is 0.962. The van der Waals surface area contributed by atoms with Gasteiger partial charge in [0.1, 0.15) is 4.88 Å². The molecule has 0 fully saturated rings. The molecular formula is C13H13NO3S2.